The average Bonchev–Trinajstić information content (AvgIpc) is 2.27. The van der Waals surface area contributed by atoms with Gasteiger partial charge in [-0.2, -0.15) is 17.6 Å². The predicted octanol–water partition coefficient (Wildman–Crippen LogP) is 3.97. The molecule has 108 valence electrons. The van der Waals surface area contributed by atoms with E-state index in [2.05, 4.69) is 4.74 Å². The molecule has 0 amide bonds. The highest BCUT2D eigenvalue weighted by Crippen LogP contribution is 2.29. The molecule has 0 saturated heterocycles. The fraction of sp³-hybridized carbons (Fsp3) is 0.538. The summed E-state index contributed by atoms with van der Waals surface area (Å²) in [7, 11) is 0. The zero-order valence-corrected chi connectivity index (χ0v) is 10.7. The SMILES string of the molecule is CC(C)C[C@@H](N)c1cccc(OC(F)(F)C(F)F)c1. The maximum absolute atomic E-state index is 12.8. The lowest BCUT2D eigenvalue weighted by molar-refractivity contribution is -0.253. The lowest BCUT2D eigenvalue weighted by Gasteiger charge is -2.19. The van der Waals surface area contributed by atoms with Crippen LogP contribution >= 0.6 is 0 Å². The number of ether oxygens (including phenoxy) is 1. The molecule has 0 heterocycles. The lowest BCUT2D eigenvalue weighted by Crippen LogP contribution is -2.33. The van der Waals surface area contributed by atoms with Crippen molar-refractivity contribution in [3.63, 3.8) is 0 Å². The molecule has 0 aromatic heterocycles. The Kier molecular flexibility index (Phi) is 5.17. The Morgan fingerprint density at radius 1 is 1.26 bits per heavy atom. The lowest BCUT2D eigenvalue weighted by atomic mass is 9.98. The zero-order chi connectivity index (χ0) is 14.6. The van der Waals surface area contributed by atoms with Crippen molar-refractivity contribution in [3.8, 4) is 5.75 Å². The van der Waals surface area contributed by atoms with Crippen LogP contribution in [0.4, 0.5) is 17.6 Å². The van der Waals surface area contributed by atoms with Crippen LogP contribution in [-0.4, -0.2) is 12.5 Å². The molecule has 0 aliphatic carbocycles. The van der Waals surface area contributed by atoms with Crippen LogP contribution in [0.5, 0.6) is 5.75 Å². The van der Waals surface area contributed by atoms with Gasteiger partial charge in [0.1, 0.15) is 5.75 Å². The van der Waals surface area contributed by atoms with Gasteiger partial charge in [-0.3, -0.25) is 0 Å². The Morgan fingerprint density at radius 2 is 1.89 bits per heavy atom. The third kappa shape index (κ3) is 4.70. The van der Waals surface area contributed by atoms with Gasteiger partial charge in [-0.25, -0.2) is 0 Å². The number of benzene rings is 1. The fourth-order valence-electron chi connectivity index (χ4n) is 1.65. The van der Waals surface area contributed by atoms with Crippen LogP contribution in [0, 0.1) is 5.92 Å². The molecule has 0 aliphatic rings. The fourth-order valence-corrected chi connectivity index (χ4v) is 1.65. The van der Waals surface area contributed by atoms with E-state index >= 15 is 0 Å². The summed E-state index contributed by atoms with van der Waals surface area (Å²) in [5, 5.41) is 0. The van der Waals surface area contributed by atoms with Crippen LogP contribution in [0.2, 0.25) is 0 Å². The third-order valence-corrected chi connectivity index (χ3v) is 2.52. The van der Waals surface area contributed by atoms with Crippen LogP contribution in [0.1, 0.15) is 31.9 Å². The van der Waals surface area contributed by atoms with Gasteiger partial charge in [0.15, 0.2) is 0 Å². The summed E-state index contributed by atoms with van der Waals surface area (Å²) in [6.45, 7) is 3.95. The van der Waals surface area contributed by atoms with E-state index in [1.165, 1.54) is 18.2 Å². The van der Waals surface area contributed by atoms with Crippen LogP contribution < -0.4 is 10.5 Å². The number of hydrogen-bond donors (Lipinski definition) is 1. The number of alkyl halides is 4. The van der Waals surface area contributed by atoms with Gasteiger partial charge in [-0.05, 0) is 30.0 Å². The normalized spacial score (nSPS) is 13.9. The van der Waals surface area contributed by atoms with Gasteiger partial charge in [0.2, 0.25) is 0 Å². The van der Waals surface area contributed by atoms with Crippen molar-refractivity contribution in [2.75, 3.05) is 0 Å². The monoisotopic (exact) mass is 279 g/mol. The van der Waals surface area contributed by atoms with E-state index in [4.69, 9.17) is 5.73 Å². The summed E-state index contributed by atoms with van der Waals surface area (Å²) in [5.74, 6) is 0.0177. The summed E-state index contributed by atoms with van der Waals surface area (Å²) in [4.78, 5) is 0. The molecule has 0 radical (unpaired) electrons. The molecular formula is C13H17F4NO. The second kappa shape index (κ2) is 6.23. The van der Waals surface area contributed by atoms with Crippen LogP contribution in [0.25, 0.3) is 0 Å². The molecule has 1 rings (SSSR count). The van der Waals surface area contributed by atoms with Gasteiger partial charge >= 0.3 is 12.5 Å². The molecule has 0 spiro atoms. The van der Waals surface area contributed by atoms with Gasteiger partial charge in [0.25, 0.3) is 0 Å². The van der Waals surface area contributed by atoms with E-state index in [1.807, 2.05) is 13.8 Å². The summed E-state index contributed by atoms with van der Waals surface area (Å²) in [6, 6.07) is 5.22. The van der Waals surface area contributed by atoms with E-state index in [9.17, 15) is 17.6 Å². The minimum Gasteiger partial charge on any atom is -0.428 e. The molecular weight excluding hydrogens is 262 g/mol. The van der Waals surface area contributed by atoms with Crippen LogP contribution in [0.3, 0.4) is 0 Å². The second-order valence-corrected chi connectivity index (χ2v) is 4.77. The zero-order valence-electron chi connectivity index (χ0n) is 10.7. The standard InChI is InChI=1S/C13H17F4NO/c1-8(2)6-11(18)9-4-3-5-10(7-9)19-13(16,17)12(14)15/h3-5,7-8,11-12H,6,18H2,1-2H3/t11-/m1/s1. The quantitative estimate of drug-likeness (QED) is 0.800. The Bertz CT molecular complexity index is 409. The topological polar surface area (TPSA) is 35.2 Å². The van der Waals surface area contributed by atoms with Gasteiger partial charge in [-0.1, -0.05) is 26.0 Å². The van der Waals surface area contributed by atoms with Crippen molar-refractivity contribution in [1.82, 2.24) is 0 Å². The van der Waals surface area contributed by atoms with E-state index in [-0.39, 0.29) is 11.8 Å². The highest BCUT2D eigenvalue weighted by Gasteiger charge is 2.43. The van der Waals surface area contributed by atoms with Gasteiger partial charge in [0.05, 0.1) is 0 Å². The van der Waals surface area contributed by atoms with Gasteiger partial charge < -0.3 is 10.5 Å². The molecule has 19 heavy (non-hydrogen) atoms. The smallest absolute Gasteiger partial charge is 0.428 e. The van der Waals surface area contributed by atoms with E-state index < -0.39 is 12.5 Å². The minimum atomic E-state index is -4.50. The van der Waals surface area contributed by atoms with Crippen molar-refractivity contribution in [2.45, 2.75) is 38.8 Å². The third-order valence-electron chi connectivity index (χ3n) is 2.52. The summed E-state index contributed by atoms with van der Waals surface area (Å²) in [5.41, 5.74) is 6.48. The average molecular weight is 279 g/mol. The molecule has 0 aliphatic heterocycles. The molecule has 0 fully saturated rings. The Balaban J connectivity index is 2.83. The first-order valence-electron chi connectivity index (χ1n) is 5.93. The van der Waals surface area contributed by atoms with Gasteiger partial charge in [-0.15, -0.1) is 0 Å². The van der Waals surface area contributed by atoms with E-state index in [0.29, 0.717) is 17.9 Å². The molecule has 0 bridgehead atoms. The minimum absolute atomic E-state index is 0.318. The first kappa shape index (κ1) is 15.8. The molecule has 6 heteroatoms. The molecule has 2 N–H and O–H groups in total. The molecule has 1 atom stereocenters. The number of halogens is 4. The highest BCUT2D eigenvalue weighted by molar-refractivity contribution is 5.30. The number of nitrogens with two attached hydrogens (primary N) is 1. The summed E-state index contributed by atoms with van der Waals surface area (Å²) in [6.07, 6.45) is -7.71. The van der Waals surface area contributed by atoms with Crippen molar-refractivity contribution in [1.29, 1.82) is 0 Å². The highest BCUT2D eigenvalue weighted by atomic mass is 19.3. The van der Waals surface area contributed by atoms with Crippen molar-refractivity contribution < 1.29 is 22.3 Å². The number of rotatable bonds is 6. The molecule has 2 nitrogen and oxygen atoms in total. The first-order valence-corrected chi connectivity index (χ1v) is 5.93. The molecule has 1 aromatic rings. The van der Waals surface area contributed by atoms with Crippen molar-refractivity contribution in [2.24, 2.45) is 11.7 Å². The Morgan fingerprint density at radius 3 is 2.42 bits per heavy atom. The van der Waals surface area contributed by atoms with Crippen LogP contribution in [0.15, 0.2) is 24.3 Å². The second-order valence-electron chi connectivity index (χ2n) is 4.77. The largest absolute Gasteiger partial charge is 0.461 e. The Hall–Kier alpha value is -1.30. The maximum Gasteiger partial charge on any atom is 0.461 e. The summed E-state index contributed by atoms with van der Waals surface area (Å²) >= 11 is 0. The molecule has 0 unspecified atom stereocenters. The predicted molar refractivity (Wildman–Crippen MR) is 64.4 cm³/mol. The van der Waals surface area contributed by atoms with Crippen molar-refractivity contribution >= 4 is 0 Å². The van der Waals surface area contributed by atoms with E-state index in [0.717, 1.165) is 0 Å². The number of hydrogen-bond acceptors (Lipinski definition) is 2. The first-order chi connectivity index (χ1) is 8.72. The van der Waals surface area contributed by atoms with Crippen molar-refractivity contribution in [3.05, 3.63) is 29.8 Å². The molecule has 1 aromatic carbocycles. The van der Waals surface area contributed by atoms with Gasteiger partial charge in [0, 0.05) is 6.04 Å². The maximum atomic E-state index is 12.8. The summed E-state index contributed by atoms with van der Waals surface area (Å²) < 4.78 is 53.6. The van der Waals surface area contributed by atoms with E-state index in [1.54, 1.807) is 6.07 Å². The Labute approximate surface area is 109 Å². The van der Waals surface area contributed by atoms with Crippen LogP contribution in [-0.2, 0) is 0 Å². The molecule has 0 saturated carbocycles.